The molecule has 0 saturated carbocycles. The Balaban J connectivity index is 0.000000815. The van der Waals surface area contributed by atoms with Crippen LogP contribution in [0.2, 0.25) is 0 Å². The number of likely N-dealkylation sites (tertiary alicyclic amines) is 1. The van der Waals surface area contributed by atoms with E-state index in [2.05, 4.69) is 10.1 Å². The first-order valence-corrected chi connectivity index (χ1v) is 11.8. The van der Waals surface area contributed by atoms with E-state index in [1.165, 1.54) is 12.1 Å². The monoisotopic (exact) mass is 492 g/mol. The van der Waals surface area contributed by atoms with E-state index in [9.17, 15) is 14.4 Å². The van der Waals surface area contributed by atoms with Gasteiger partial charge in [0.05, 0.1) is 25.3 Å². The number of fused-ring (bicyclic) bond motifs is 2. The number of aryl methyl sites for hydroxylation is 2. The number of quaternary nitrogens is 1. The number of hydrogen-bond acceptors (Lipinski definition) is 8. The van der Waals surface area contributed by atoms with Gasteiger partial charge in [-0.15, -0.1) is 0 Å². The van der Waals surface area contributed by atoms with Gasteiger partial charge in [-0.25, -0.2) is 9.37 Å². The van der Waals surface area contributed by atoms with Gasteiger partial charge in [0.2, 0.25) is 0 Å². The first-order chi connectivity index (χ1) is 16.9. The van der Waals surface area contributed by atoms with Crippen molar-refractivity contribution in [2.45, 2.75) is 57.9 Å². The summed E-state index contributed by atoms with van der Waals surface area (Å²) >= 11 is 0. The summed E-state index contributed by atoms with van der Waals surface area (Å²) in [6.07, 6.45) is 4.78. The number of rotatable bonds is 4. The molecule has 35 heavy (non-hydrogen) atoms. The second kappa shape index (κ2) is 11.8. The molecule has 0 spiro atoms. The zero-order valence-electron chi connectivity index (χ0n) is 20.1. The molecule has 2 aliphatic rings. The lowest BCUT2D eigenvalue weighted by Gasteiger charge is -2.47. The van der Waals surface area contributed by atoms with Crippen LogP contribution >= 0.6 is 0 Å². The van der Waals surface area contributed by atoms with Gasteiger partial charge in [0.15, 0.2) is 5.58 Å². The maximum Gasteiger partial charge on any atom is 0.257 e. The SMILES string of the molecule is CO.Cc1nc2n(c(=O)c1CC[N+]1([O-])CCC(c3noc4cc(F)ccc34)CC1)CCCC2.OO. The minimum Gasteiger partial charge on any atom is -0.633 e. The first-order valence-electron chi connectivity index (χ1n) is 11.8. The van der Waals surface area contributed by atoms with Crippen molar-refractivity contribution >= 4 is 11.0 Å². The van der Waals surface area contributed by atoms with E-state index in [1.54, 1.807) is 10.6 Å². The second-order valence-corrected chi connectivity index (χ2v) is 8.97. The smallest absolute Gasteiger partial charge is 0.257 e. The third-order valence-electron chi connectivity index (χ3n) is 6.97. The summed E-state index contributed by atoms with van der Waals surface area (Å²) in [6.45, 7) is 3.93. The maximum atomic E-state index is 13.4. The fourth-order valence-electron chi connectivity index (χ4n) is 5.09. The molecule has 192 valence electrons. The first kappa shape index (κ1) is 26.9. The summed E-state index contributed by atoms with van der Waals surface area (Å²) in [5.74, 6) is 0.658. The molecule has 1 saturated heterocycles. The minimum atomic E-state index is -0.350. The number of piperidine rings is 1. The van der Waals surface area contributed by atoms with Gasteiger partial charge in [-0.1, -0.05) is 5.16 Å². The van der Waals surface area contributed by atoms with Crippen molar-refractivity contribution in [2.24, 2.45) is 0 Å². The van der Waals surface area contributed by atoms with Crippen LogP contribution in [0.3, 0.4) is 0 Å². The zero-order valence-corrected chi connectivity index (χ0v) is 20.1. The fourth-order valence-corrected chi connectivity index (χ4v) is 5.09. The standard InChI is InChI=1S/C23H27FN4O3.CH4O.H2O2/c1-15-18(23(29)27-10-3-2-4-21(27)25-15)9-13-28(30)11-7-16(8-12-28)22-19-6-5-17(24)14-20(19)31-26-22;2*1-2/h5-6,14,16H,2-4,7-13H2,1H3;2H,1H3;1-2H. The Hall–Kier alpha value is -2.70. The lowest BCUT2D eigenvalue weighted by molar-refractivity contribution is -0.885. The largest absolute Gasteiger partial charge is 0.633 e. The Kier molecular flexibility index (Phi) is 9.09. The molecule has 1 aromatic carbocycles. The molecule has 3 aromatic rings. The molecule has 0 aliphatic carbocycles. The average molecular weight is 493 g/mol. The van der Waals surface area contributed by atoms with E-state index in [0.717, 1.165) is 55.5 Å². The van der Waals surface area contributed by atoms with Crippen LogP contribution < -0.4 is 5.56 Å². The van der Waals surface area contributed by atoms with Gasteiger partial charge in [-0.2, -0.15) is 0 Å². The van der Waals surface area contributed by atoms with Crippen LogP contribution in [-0.2, 0) is 19.4 Å². The molecule has 0 amide bonds. The highest BCUT2D eigenvalue weighted by molar-refractivity contribution is 5.79. The predicted molar refractivity (Wildman–Crippen MR) is 127 cm³/mol. The van der Waals surface area contributed by atoms with Gasteiger partial charge in [-0.05, 0) is 31.9 Å². The molecule has 4 heterocycles. The van der Waals surface area contributed by atoms with Crippen molar-refractivity contribution in [3.8, 4) is 0 Å². The van der Waals surface area contributed by atoms with Crippen molar-refractivity contribution in [3.63, 3.8) is 0 Å². The highest BCUT2D eigenvalue weighted by atomic mass is 19.1. The summed E-state index contributed by atoms with van der Waals surface area (Å²) < 4.78 is 20.2. The number of aliphatic hydroxyl groups is 1. The zero-order chi connectivity index (χ0) is 25.6. The fraction of sp³-hybridized carbons (Fsp3) is 0.542. The third-order valence-corrected chi connectivity index (χ3v) is 6.97. The van der Waals surface area contributed by atoms with Crippen LogP contribution in [0.25, 0.3) is 11.0 Å². The summed E-state index contributed by atoms with van der Waals surface area (Å²) in [7, 11) is 1.00. The van der Waals surface area contributed by atoms with Crippen LogP contribution in [0.4, 0.5) is 4.39 Å². The van der Waals surface area contributed by atoms with Crippen molar-refractivity contribution in [3.05, 3.63) is 62.4 Å². The highest BCUT2D eigenvalue weighted by Crippen LogP contribution is 2.34. The van der Waals surface area contributed by atoms with Gasteiger partial charge >= 0.3 is 0 Å². The van der Waals surface area contributed by atoms with Crippen molar-refractivity contribution in [2.75, 3.05) is 26.7 Å². The molecule has 0 atom stereocenters. The number of aliphatic hydroxyl groups excluding tert-OH is 1. The normalized spacial score (nSPS) is 21.4. The van der Waals surface area contributed by atoms with E-state index in [0.29, 0.717) is 50.0 Å². The second-order valence-electron chi connectivity index (χ2n) is 8.97. The molecule has 0 unspecified atom stereocenters. The Bertz CT molecular complexity index is 1190. The molecule has 2 aliphatic heterocycles. The minimum absolute atomic E-state index is 0.0324. The average Bonchev–Trinajstić information content (AvgIpc) is 3.30. The lowest BCUT2D eigenvalue weighted by atomic mass is 9.91. The van der Waals surface area contributed by atoms with Crippen LogP contribution in [0, 0.1) is 17.9 Å². The van der Waals surface area contributed by atoms with Crippen LogP contribution in [0.5, 0.6) is 0 Å². The Morgan fingerprint density at radius 3 is 2.66 bits per heavy atom. The number of hydroxylamine groups is 3. The van der Waals surface area contributed by atoms with Gasteiger partial charge in [0.1, 0.15) is 11.6 Å². The third kappa shape index (κ3) is 5.76. The van der Waals surface area contributed by atoms with E-state index in [1.807, 2.05) is 6.92 Å². The number of aromatic nitrogens is 3. The summed E-state index contributed by atoms with van der Waals surface area (Å²) in [6, 6.07) is 4.45. The Morgan fingerprint density at radius 1 is 1.23 bits per heavy atom. The maximum absolute atomic E-state index is 13.4. The molecule has 3 N–H and O–H groups in total. The molecule has 0 radical (unpaired) electrons. The highest BCUT2D eigenvalue weighted by Gasteiger charge is 2.31. The van der Waals surface area contributed by atoms with Gasteiger partial charge < -0.3 is 19.5 Å². The van der Waals surface area contributed by atoms with Crippen LogP contribution in [0.1, 0.15) is 54.4 Å². The van der Waals surface area contributed by atoms with E-state index in [-0.39, 0.29) is 21.9 Å². The van der Waals surface area contributed by atoms with Crippen molar-refractivity contribution in [1.29, 1.82) is 0 Å². The Labute approximate surface area is 202 Å². The summed E-state index contributed by atoms with van der Waals surface area (Å²) in [5.41, 5.74) is 2.74. The number of halogens is 1. The van der Waals surface area contributed by atoms with E-state index in [4.69, 9.17) is 20.1 Å². The number of hydrogen-bond donors (Lipinski definition) is 3. The number of benzene rings is 1. The lowest BCUT2D eigenvalue weighted by Crippen LogP contribution is -2.49. The Morgan fingerprint density at radius 2 is 1.94 bits per heavy atom. The number of nitrogens with zero attached hydrogens (tertiary/aromatic N) is 4. The summed E-state index contributed by atoms with van der Waals surface area (Å²) in [4.78, 5) is 17.6. The molecular formula is C24H33FN4O6. The molecule has 11 heteroatoms. The van der Waals surface area contributed by atoms with Crippen molar-refractivity contribution < 1.29 is 29.2 Å². The van der Waals surface area contributed by atoms with E-state index < -0.39 is 0 Å². The van der Waals surface area contributed by atoms with E-state index >= 15 is 0 Å². The topological polar surface area (TPSA) is 145 Å². The quantitative estimate of drug-likeness (QED) is 0.218. The molecule has 0 bridgehead atoms. The predicted octanol–water partition coefficient (Wildman–Crippen LogP) is 3.23. The van der Waals surface area contributed by atoms with Gasteiger partial charge in [-0.3, -0.25) is 19.9 Å². The molecule has 5 rings (SSSR count). The van der Waals surface area contributed by atoms with Crippen LogP contribution in [0.15, 0.2) is 27.5 Å². The molecule has 2 aromatic heterocycles. The van der Waals surface area contributed by atoms with Crippen LogP contribution in [-0.4, -0.2) is 61.7 Å². The van der Waals surface area contributed by atoms with Gasteiger partial charge in [0, 0.05) is 68.0 Å². The summed E-state index contributed by atoms with van der Waals surface area (Å²) in [5, 5.41) is 37.3. The molecule has 10 nitrogen and oxygen atoms in total. The molecule has 1 fully saturated rings. The van der Waals surface area contributed by atoms with Crippen molar-refractivity contribution in [1.82, 2.24) is 14.7 Å². The molecular weight excluding hydrogens is 459 g/mol. The van der Waals surface area contributed by atoms with Gasteiger partial charge in [0.25, 0.3) is 5.56 Å².